The van der Waals surface area contributed by atoms with E-state index in [0.717, 1.165) is 6.54 Å². The first kappa shape index (κ1) is 12.5. The predicted octanol–water partition coefficient (Wildman–Crippen LogP) is 1.68. The Morgan fingerprint density at radius 1 is 1.33 bits per heavy atom. The third-order valence-electron chi connectivity index (χ3n) is 3.31. The molecule has 1 aliphatic rings. The zero-order chi connectivity index (χ0) is 11.5. The summed E-state index contributed by atoms with van der Waals surface area (Å²) >= 11 is 0. The minimum atomic E-state index is -0.0728. The lowest BCUT2D eigenvalue weighted by Crippen LogP contribution is -2.46. The minimum Gasteiger partial charge on any atom is -0.353 e. The Kier molecular flexibility index (Phi) is 4.14. The molecule has 0 spiro atoms. The van der Waals surface area contributed by atoms with Gasteiger partial charge in [-0.05, 0) is 45.4 Å². The summed E-state index contributed by atoms with van der Waals surface area (Å²) in [7, 11) is 0. The molecule has 1 unspecified atom stereocenters. The third kappa shape index (κ3) is 3.82. The Hall–Kier alpha value is -0.570. The van der Waals surface area contributed by atoms with Gasteiger partial charge < -0.3 is 10.6 Å². The molecule has 1 aliphatic carbocycles. The van der Waals surface area contributed by atoms with Crippen LogP contribution in [0.15, 0.2) is 0 Å². The second-order valence-corrected chi connectivity index (χ2v) is 5.12. The van der Waals surface area contributed by atoms with Crippen LogP contribution >= 0.6 is 0 Å². The lowest BCUT2D eigenvalue weighted by molar-refractivity contribution is -0.123. The van der Waals surface area contributed by atoms with Crippen LogP contribution < -0.4 is 10.6 Å². The van der Waals surface area contributed by atoms with Crippen LogP contribution in [0.25, 0.3) is 0 Å². The molecule has 0 saturated heterocycles. The van der Waals surface area contributed by atoms with Crippen molar-refractivity contribution in [2.75, 3.05) is 6.54 Å². The highest BCUT2D eigenvalue weighted by Crippen LogP contribution is 2.47. The number of carbonyl (C=O) groups excluding carboxylic acids is 1. The Labute approximate surface area is 93.0 Å². The molecular weight excluding hydrogens is 188 g/mol. The van der Waals surface area contributed by atoms with E-state index in [1.807, 2.05) is 20.8 Å². The molecule has 15 heavy (non-hydrogen) atoms. The lowest BCUT2D eigenvalue weighted by atomic mass is 10.0. The van der Waals surface area contributed by atoms with Gasteiger partial charge in [0, 0.05) is 12.6 Å². The van der Waals surface area contributed by atoms with Gasteiger partial charge in [0.25, 0.3) is 0 Å². The van der Waals surface area contributed by atoms with E-state index >= 15 is 0 Å². The van der Waals surface area contributed by atoms with Gasteiger partial charge in [0.15, 0.2) is 0 Å². The van der Waals surface area contributed by atoms with E-state index in [1.165, 1.54) is 19.3 Å². The molecule has 1 amide bonds. The maximum absolute atomic E-state index is 11.6. The number of hydrogen-bond acceptors (Lipinski definition) is 2. The fraction of sp³-hybridized carbons (Fsp3) is 0.917. The first-order valence-corrected chi connectivity index (χ1v) is 6.03. The summed E-state index contributed by atoms with van der Waals surface area (Å²) in [5.74, 6) is 0.108. The molecule has 1 atom stereocenters. The Morgan fingerprint density at radius 3 is 2.33 bits per heavy atom. The van der Waals surface area contributed by atoms with Crippen LogP contribution in [0.4, 0.5) is 0 Å². The van der Waals surface area contributed by atoms with Crippen molar-refractivity contribution in [3.05, 3.63) is 0 Å². The molecule has 3 heteroatoms. The fourth-order valence-corrected chi connectivity index (χ4v) is 1.70. The van der Waals surface area contributed by atoms with Crippen molar-refractivity contribution >= 4 is 5.91 Å². The van der Waals surface area contributed by atoms with Crippen molar-refractivity contribution in [1.29, 1.82) is 0 Å². The van der Waals surface area contributed by atoms with Crippen molar-refractivity contribution in [1.82, 2.24) is 10.6 Å². The normalized spacial score (nSPS) is 20.1. The van der Waals surface area contributed by atoms with Crippen LogP contribution in [0.1, 0.15) is 47.0 Å². The quantitative estimate of drug-likeness (QED) is 0.703. The fourth-order valence-electron chi connectivity index (χ4n) is 1.70. The molecular formula is C12H24N2O. The molecule has 0 radical (unpaired) electrons. The molecule has 1 rings (SSSR count). The van der Waals surface area contributed by atoms with Gasteiger partial charge in [-0.2, -0.15) is 0 Å². The van der Waals surface area contributed by atoms with E-state index in [9.17, 15) is 4.79 Å². The second-order valence-electron chi connectivity index (χ2n) is 5.12. The summed E-state index contributed by atoms with van der Waals surface area (Å²) in [6.45, 7) is 9.12. The van der Waals surface area contributed by atoms with Crippen molar-refractivity contribution < 1.29 is 4.79 Å². The summed E-state index contributed by atoms with van der Waals surface area (Å²) in [6, 6.07) is 0.152. The van der Waals surface area contributed by atoms with Gasteiger partial charge in [0.2, 0.25) is 5.91 Å². The molecule has 2 N–H and O–H groups in total. The molecule has 0 bridgehead atoms. The number of hydrogen-bond donors (Lipinski definition) is 2. The van der Waals surface area contributed by atoms with Crippen LogP contribution in [0.3, 0.4) is 0 Å². The van der Waals surface area contributed by atoms with E-state index in [2.05, 4.69) is 17.6 Å². The third-order valence-corrected chi connectivity index (χ3v) is 3.31. The van der Waals surface area contributed by atoms with Crippen LogP contribution in [-0.4, -0.2) is 24.5 Å². The standard InChI is InChI=1S/C12H24N2O/c1-5-12(6-7-12)8-13-10(4)11(15)14-9(2)3/h9-10,13H,5-8H2,1-4H3,(H,14,15). The molecule has 0 aromatic heterocycles. The zero-order valence-corrected chi connectivity index (χ0v) is 10.4. The highest BCUT2D eigenvalue weighted by molar-refractivity contribution is 5.81. The van der Waals surface area contributed by atoms with Gasteiger partial charge in [0.05, 0.1) is 6.04 Å². The van der Waals surface area contributed by atoms with Gasteiger partial charge in [-0.1, -0.05) is 6.92 Å². The van der Waals surface area contributed by atoms with Gasteiger partial charge in [-0.3, -0.25) is 4.79 Å². The summed E-state index contributed by atoms with van der Waals surface area (Å²) in [5.41, 5.74) is 0.506. The summed E-state index contributed by atoms with van der Waals surface area (Å²) in [4.78, 5) is 11.6. The van der Waals surface area contributed by atoms with Gasteiger partial charge in [0.1, 0.15) is 0 Å². The van der Waals surface area contributed by atoms with Crippen LogP contribution in [0, 0.1) is 5.41 Å². The van der Waals surface area contributed by atoms with E-state index < -0.39 is 0 Å². The zero-order valence-electron chi connectivity index (χ0n) is 10.4. The average molecular weight is 212 g/mol. The Bertz CT molecular complexity index is 222. The molecule has 0 aliphatic heterocycles. The molecule has 0 heterocycles. The van der Waals surface area contributed by atoms with Gasteiger partial charge >= 0.3 is 0 Å². The summed E-state index contributed by atoms with van der Waals surface area (Å²) in [5, 5.41) is 6.25. The Morgan fingerprint density at radius 2 is 1.93 bits per heavy atom. The van der Waals surface area contributed by atoms with Gasteiger partial charge in [-0.25, -0.2) is 0 Å². The number of nitrogens with one attached hydrogen (secondary N) is 2. The predicted molar refractivity (Wildman–Crippen MR) is 62.7 cm³/mol. The molecule has 3 nitrogen and oxygen atoms in total. The first-order chi connectivity index (χ1) is 6.99. The SMILES string of the molecule is CCC1(CNC(C)C(=O)NC(C)C)CC1. The van der Waals surface area contributed by atoms with Crippen molar-refractivity contribution in [3.63, 3.8) is 0 Å². The van der Waals surface area contributed by atoms with Crippen molar-refractivity contribution in [2.24, 2.45) is 5.41 Å². The van der Waals surface area contributed by atoms with E-state index in [-0.39, 0.29) is 18.0 Å². The van der Waals surface area contributed by atoms with Gasteiger partial charge in [-0.15, -0.1) is 0 Å². The molecule has 88 valence electrons. The van der Waals surface area contributed by atoms with Crippen LogP contribution in [-0.2, 0) is 4.79 Å². The van der Waals surface area contributed by atoms with Crippen molar-refractivity contribution in [2.45, 2.75) is 59.0 Å². The molecule has 1 fully saturated rings. The second kappa shape index (κ2) is 4.97. The molecule has 1 saturated carbocycles. The lowest BCUT2D eigenvalue weighted by Gasteiger charge is -2.19. The smallest absolute Gasteiger partial charge is 0.237 e. The number of carbonyl (C=O) groups is 1. The minimum absolute atomic E-state index is 0.0728. The van der Waals surface area contributed by atoms with E-state index in [4.69, 9.17) is 0 Å². The molecule has 0 aromatic rings. The monoisotopic (exact) mass is 212 g/mol. The van der Waals surface area contributed by atoms with Crippen LogP contribution in [0.5, 0.6) is 0 Å². The summed E-state index contributed by atoms with van der Waals surface area (Å²) in [6.07, 6.45) is 3.85. The maximum atomic E-state index is 11.6. The van der Waals surface area contributed by atoms with Crippen molar-refractivity contribution in [3.8, 4) is 0 Å². The maximum Gasteiger partial charge on any atom is 0.237 e. The highest BCUT2D eigenvalue weighted by atomic mass is 16.2. The average Bonchev–Trinajstić information content (AvgIpc) is 2.94. The van der Waals surface area contributed by atoms with E-state index in [1.54, 1.807) is 0 Å². The topological polar surface area (TPSA) is 41.1 Å². The van der Waals surface area contributed by atoms with Crippen LogP contribution in [0.2, 0.25) is 0 Å². The largest absolute Gasteiger partial charge is 0.353 e. The first-order valence-electron chi connectivity index (χ1n) is 6.03. The Balaban J connectivity index is 2.23. The van der Waals surface area contributed by atoms with E-state index in [0.29, 0.717) is 5.41 Å². The molecule has 0 aromatic carbocycles. The number of rotatable bonds is 6. The number of amides is 1. The summed E-state index contributed by atoms with van der Waals surface area (Å²) < 4.78 is 0. The highest BCUT2D eigenvalue weighted by Gasteiger charge is 2.40.